The zero-order chi connectivity index (χ0) is 11.4. The Bertz CT molecular complexity index is 399. The van der Waals surface area contributed by atoms with Gasteiger partial charge in [-0.15, -0.1) is 11.8 Å². The molecular formula is C13H15NOS. The Kier molecular flexibility index (Phi) is 3.87. The van der Waals surface area contributed by atoms with Crippen LogP contribution in [0, 0.1) is 11.3 Å². The third-order valence-corrected chi connectivity index (χ3v) is 4.42. The average Bonchev–Trinajstić information content (AvgIpc) is 2.33. The van der Waals surface area contributed by atoms with Crippen molar-refractivity contribution >= 4 is 11.8 Å². The molecule has 84 valence electrons. The van der Waals surface area contributed by atoms with Crippen molar-refractivity contribution in [3.63, 3.8) is 0 Å². The first-order valence-electron chi connectivity index (χ1n) is 5.65. The zero-order valence-corrected chi connectivity index (χ0v) is 9.91. The summed E-state index contributed by atoms with van der Waals surface area (Å²) in [5.74, 6) is 0. The second-order valence-corrected chi connectivity index (χ2v) is 5.40. The summed E-state index contributed by atoms with van der Waals surface area (Å²) in [5, 5.41) is 19.1. The molecule has 1 aromatic rings. The Balaban J connectivity index is 2.11. The monoisotopic (exact) mass is 233 g/mol. The standard InChI is InChI=1S/C13H15NOS/c14-9-10-5-1-3-7-12(10)16-13-8-4-2-6-11(13)15/h1,3,5,7,11,13,15H,2,4,6,8H2/t11-,13-/m1/s1. The van der Waals surface area contributed by atoms with E-state index in [9.17, 15) is 5.11 Å². The van der Waals surface area contributed by atoms with E-state index in [-0.39, 0.29) is 11.4 Å². The molecule has 0 spiro atoms. The fourth-order valence-electron chi connectivity index (χ4n) is 2.04. The van der Waals surface area contributed by atoms with Gasteiger partial charge in [0.05, 0.1) is 11.7 Å². The molecule has 1 aromatic carbocycles. The molecule has 0 heterocycles. The van der Waals surface area contributed by atoms with E-state index in [1.54, 1.807) is 11.8 Å². The average molecular weight is 233 g/mol. The van der Waals surface area contributed by atoms with Gasteiger partial charge in [-0.05, 0) is 25.0 Å². The molecule has 0 unspecified atom stereocenters. The highest BCUT2D eigenvalue weighted by Crippen LogP contribution is 2.35. The van der Waals surface area contributed by atoms with Crippen LogP contribution in [0.4, 0.5) is 0 Å². The first-order valence-corrected chi connectivity index (χ1v) is 6.53. The highest BCUT2D eigenvalue weighted by molar-refractivity contribution is 8.00. The lowest BCUT2D eigenvalue weighted by Gasteiger charge is -2.27. The lowest BCUT2D eigenvalue weighted by atomic mass is 9.97. The largest absolute Gasteiger partial charge is 0.392 e. The minimum Gasteiger partial charge on any atom is -0.392 e. The number of hydrogen-bond acceptors (Lipinski definition) is 3. The maximum Gasteiger partial charge on any atom is 0.100 e. The van der Waals surface area contributed by atoms with Gasteiger partial charge >= 0.3 is 0 Å². The Morgan fingerprint density at radius 2 is 2.00 bits per heavy atom. The highest BCUT2D eigenvalue weighted by Gasteiger charge is 2.24. The van der Waals surface area contributed by atoms with E-state index in [4.69, 9.17) is 5.26 Å². The molecule has 0 amide bonds. The maximum absolute atomic E-state index is 9.89. The Hall–Kier alpha value is -0.980. The molecule has 1 fully saturated rings. The molecule has 16 heavy (non-hydrogen) atoms. The molecule has 1 aliphatic rings. The molecule has 1 saturated carbocycles. The van der Waals surface area contributed by atoms with E-state index in [0.29, 0.717) is 5.56 Å². The van der Waals surface area contributed by atoms with Crippen molar-refractivity contribution in [2.75, 3.05) is 0 Å². The summed E-state index contributed by atoms with van der Waals surface area (Å²) < 4.78 is 0. The summed E-state index contributed by atoms with van der Waals surface area (Å²) in [5.41, 5.74) is 0.713. The minimum atomic E-state index is -0.217. The van der Waals surface area contributed by atoms with Gasteiger partial charge in [-0.3, -0.25) is 0 Å². The van der Waals surface area contributed by atoms with Crippen molar-refractivity contribution in [1.29, 1.82) is 5.26 Å². The number of hydrogen-bond donors (Lipinski definition) is 1. The number of aliphatic hydroxyl groups is 1. The Morgan fingerprint density at radius 3 is 2.75 bits per heavy atom. The first kappa shape index (κ1) is 11.5. The predicted octanol–water partition coefficient (Wildman–Crippen LogP) is 2.95. The molecule has 0 saturated heterocycles. The van der Waals surface area contributed by atoms with Crippen LogP contribution in [0.25, 0.3) is 0 Å². The number of aliphatic hydroxyl groups excluding tert-OH is 1. The molecule has 0 bridgehead atoms. The molecule has 2 rings (SSSR count). The SMILES string of the molecule is N#Cc1ccccc1S[C@@H]1CCCC[C@H]1O. The summed E-state index contributed by atoms with van der Waals surface area (Å²) in [4.78, 5) is 0.996. The molecule has 0 radical (unpaired) electrons. The third kappa shape index (κ3) is 2.58. The van der Waals surface area contributed by atoms with Crippen LogP contribution in [0.1, 0.15) is 31.2 Å². The van der Waals surface area contributed by atoms with Crippen molar-refractivity contribution in [3.8, 4) is 6.07 Å². The van der Waals surface area contributed by atoms with Gasteiger partial charge in [-0.2, -0.15) is 5.26 Å². The third-order valence-electron chi connectivity index (χ3n) is 2.95. The summed E-state index contributed by atoms with van der Waals surface area (Å²) in [6.45, 7) is 0. The normalized spacial score (nSPS) is 25.0. The fourth-order valence-corrected chi connectivity index (χ4v) is 3.34. The molecule has 2 nitrogen and oxygen atoms in total. The topological polar surface area (TPSA) is 44.0 Å². The van der Waals surface area contributed by atoms with Crippen molar-refractivity contribution < 1.29 is 5.11 Å². The van der Waals surface area contributed by atoms with Crippen molar-refractivity contribution in [2.45, 2.75) is 41.9 Å². The summed E-state index contributed by atoms with van der Waals surface area (Å²) in [6, 6.07) is 9.81. The second kappa shape index (κ2) is 5.38. The van der Waals surface area contributed by atoms with E-state index in [1.807, 2.05) is 24.3 Å². The first-order chi connectivity index (χ1) is 7.81. The zero-order valence-electron chi connectivity index (χ0n) is 9.10. The van der Waals surface area contributed by atoms with Crippen LogP contribution in [0.3, 0.4) is 0 Å². The van der Waals surface area contributed by atoms with E-state index in [0.717, 1.165) is 24.2 Å². The van der Waals surface area contributed by atoms with Gasteiger partial charge in [0.2, 0.25) is 0 Å². The second-order valence-electron chi connectivity index (χ2n) is 4.12. The summed E-state index contributed by atoms with van der Waals surface area (Å²) >= 11 is 1.65. The quantitative estimate of drug-likeness (QED) is 0.854. The van der Waals surface area contributed by atoms with Crippen molar-refractivity contribution in [1.82, 2.24) is 0 Å². The molecule has 3 heteroatoms. The molecule has 0 aromatic heterocycles. The molecule has 2 atom stereocenters. The van der Waals surface area contributed by atoms with Crippen molar-refractivity contribution in [3.05, 3.63) is 29.8 Å². The van der Waals surface area contributed by atoms with E-state index in [2.05, 4.69) is 6.07 Å². The van der Waals surface area contributed by atoms with Gasteiger partial charge in [0, 0.05) is 10.1 Å². The van der Waals surface area contributed by atoms with Crippen LogP contribution < -0.4 is 0 Å². The maximum atomic E-state index is 9.89. The Labute approximate surface area is 100 Å². The van der Waals surface area contributed by atoms with Gasteiger partial charge in [0.25, 0.3) is 0 Å². The van der Waals surface area contributed by atoms with Gasteiger partial charge in [-0.25, -0.2) is 0 Å². The number of benzene rings is 1. The molecule has 1 aliphatic carbocycles. The van der Waals surface area contributed by atoms with Gasteiger partial charge in [-0.1, -0.05) is 25.0 Å². The Morgan fingerprint density at radius 1 is 1.25 bits per heavy atom. The lowest BCUT2D eigenvalue weighted by molar-refractivity contribution is 0.137. The van der Waals surface area contributed by atoms with E-state index in [1.165, 1.54) is 6.42 Å². The number of rotatable bonds is 2. The lowest BCUT2D eigenvalue weighted by Crippen LogP contribution is -2.26. The summed E-state index contributed by atoms with van der Waals surface area (Å²) in [7, 11) is 0. The summed E-state index contributed by atoms with van der Waals surface area (Å²) in [6.07, 6.45) is 4.03. The van der Waals surface area contributed by atoms with Crippen LogP contribution >= 0.6 is 11.8 Å². The van der Waals surface area contributed by atoms with Gasteiger partial charge < -0.3 is 5.11 Å². The van der Waals surface area contributed by atoms with Crippen LogP contribution in [0.5, 0.6) is 0 Å². The van der Waals surface area contributed by atoms with Crippen molar-refractivity contribution in [2.24, 2.45) is 0 Å². The molecular weight excluding hydrogens is 218 g/mol. The fraction of sp³-hybridized carbons (Fsp3) is 0.462. The van der Waals surface area contributed by atoms with Gasteiger partial charge in [0.1, 0.15) is 6.07 Å². The van der Waals surface area contributed by atoms with Gasteiger partial charge in [0.15, 0.2) is 0 Å². The van der Waals surface area contributed by atoms with E-state index < -0.39 is 0 Å². The minimum absolute atomic E-state index is 0.217. The van der Waals surface area contributed by atoms with E-state index >= 15 is 0 Å². The number of nitrogens with zero attached hydrogens (tertiary/aromatic N) is 1. The molecule has 0 aliphatic heterocycles. The van der Waals surface area contributed by atoms with Crippen LogP contribution in [0.2, 0.25) is 0 Å². The number of thioether (sulfide) groups is 1. The van der Waals surface area contributed by atoms with Crippen LogP contribution in [-0.4, -0.2) is 16.5 Å². The predicted molar refractivity (Wildman–Crippen MR) is 65.3 cm³/mol. The smallest absolute Gasteiger partial charge is 0.100 e. The number of nitriles is 1. The van der Waals surface area contributed by atoms with Crippen LogP contribution in [-0.2, 0) is 0 Å². The highest BCUT2D eigenvalue weighted by atomic mass is 32.2. The van der Waals surface area contributed by atoms with Crippen LogP contribution in [0.15, 0.2) is 29.2 Å². The molecule has 1 N–H and O–H groups in total.